The molecule has 20 heavy (non-hydrogen) atoms. The van der Waals surface area contributed by atoms with E-state index in [-0.39, 0.29) is 18.2 Å². The van der Waals surface area contributed by atoms with Gasteiger partial charge in [-0.2, -0.15) is 0 Å². The lowest BCUT2D eigenvalue weighted by Gasteiger charge is -2.30. The molecule has 0 amide bonds. The van der Waals surface area contributed by atoms with Gasteiger partial charge in [-0.25, -0.2) is 0 Å². The predicted octanol–water partition coefficient (Wildman–Crippen LogP) is 3.33. The largest absolute Gasteiger partial charge is 0.490 e. The molecule has 0 aliphatic heterocycles. The molecule has 0 saturated carbocycles. The van der Waals surface area contributed by atoms with Gasteiger partial charge in [-0.3, -0.25) is 0 Å². The molecular weight excluding hydrogens is 250 g/mol. The average Bonchev–Trinajstić information content (AvgIpc) is 2.46. The predicted molar refractivity (Wildman–Crippen MR) is 84.4 cm³/mol. The molecule has 0 heterocycles. The Morgan fingerprint density at radius 2 is 1.95 bits per heavy atom. The zero-order valence-corrected chi connectivity index (χ0v) is 13.4. The van der Waals surface area contributed by atoms with E-state index >= 15 is 0 Å². The molecule has 0 aromatic heterocycles. The number of para-hydroxylation sites is 1. The molecule has 0 bridgehead atoms. The fourth-order valence-electron chi connectivity index (χ4n) is 2.35. The van der Waals surface area contributed by atoms with E-state index in [2.05, 4.69) is 38.2 Å². The van der Waals surface area contributed by atoms with Crippen LogP contribution in [0.1, 0.15) is 52.0 Å². The van der Waals surface area contributed by atoms with Gasteiger partial charge in [-0.15, -0.1) is 0 Å². The van der Waals surface area contributed by atoms with E-state index in [0.29, 0.717) is 5.92 Å². The molecule has 3 atom stereocenters. The van der Waals surface area contributed by atoms with Crippen LogP contribution in [0.5, 0.6) is 5.75 Å². The molecule has 2 N–H and O–H groups in total. The van der Waals surface area contributed by atoms with Gasteiger partial charge in [0.1, 0.15) is 5.75 Å². The molecular formula is C17H29NO2. The van der Waals surface area contributed by atoms with Crippen molar-refractivity contribution in [3.8, 4) is 5.75 Å². The van der Waals surface area contributed by atoms with Crippen LogP contribution in [0.25, 0.3) is 0 Å². The minimum absolute atomic E-state index is 0.0461. The first kappa shape index (κ1) is 17.0. The molecule has 0 fully saturated rings. The zero-order valence-electron chi connectivity index (χ0n) is 13.4. The van der Waals surface area contributed by atoms with E-state index in [1.54, 1.807) is 0 Å². The van der Waals surface area contributed by atoms with Crippen molar-refractivity contribution in [2.24, 2.45) is 0 Å². The summed E-state index contributed by atoms with van der Waals surface area (Å²) < 4.78 is 6.12. The van der Waals surface area contributed by atoms with Crippen molar-refractivity contribution in [1.82, 2.24) is 5.32 Å². The number of rotatable bonds is 8. The number of hydrogen-bond acceptors (Lipinski definition) is 3. The maximum atomic E-state index is 9.46. The average molecular weight is 279 g/mol. The summed E-state index contributed by atoms with van der Waals surface area (Å²) in [5, 5.41) is 12.6. The molecule has 0 spiro atoms. The number of ether oxygens (including phenoxy) is 1. The summed E-state index contributed by atoms with van der Waals surface area (Å²) in [5.41, 5.74) is 0.960. The van der Waals surface area contributed by atoms with Gasteiger partial charge in [0.2, 0.25) is 0 Å². The van der Waals surface area contributed by atoms with Crippen molar-refractivity contribution in [3.05, 3.63) is 29.8 Å². The van der Waals surface area contributed by atoms with Gasteiger partial charge in [0.05, 0.1) is 12.7 Å². The van der Waals surface area contributed by atoms with Crippen molar-refractivity contribution in [2.75, 3.05) is 13.7 Å². The number of nitrogens with one attached hydrogen (secondary N) is 1. The quantitative estimate of drug-likeness (QED) is 0.767. The summed E-state index contributed by atoms with van der Waals surface area (Å²) >= 11 is 0. The molecule has 3 unspecified atom stereocenters. The number of aliphatic hydroxyl groups excluding tert-OH is 1. The van der Waals surface area contributed by atoms with E-state index in [1.165, 1.54) is 5.56 Å². The summed E-state index contributed by atoms with van der Waals surface area (Å²) in [5.74, 6) is 1.46. The van der Waals surface area contributed by atoms with Crippen LogP contribution in [0.3, 0.4) is 0 Å². The smallest absolute Gasteiger partial charge is 0.123 e. The molecule has 3 heteroatoms. The number of hydrogen-bond donors (Lipinski definition) is 2. The van der Waals surface area contributed by atoms with E-state index in [0.717, 1.165) is 18.6 Å². The Bertz CT molecular complexity index is 402. The topological polar surface area (TPSA) is 41.5 Å². The van der Waals surface area contributed by atoms with Crippen molar-refractivity contribution in [3.63, 3.8) is 0 Å². The Hall–Kier alpha value is -1.06. The SMILES string of the molecule is CCC(C)c1ccccc1OC(C)CC(C)(CO)NC. The van der Waals surface area contributed by atoms with Crippen LogP contribution < -0.4 is 10.1 Å². The third-order valence-corrected chi connectivity index (χ3v) is 4.08. The maximum absolute atomic E-state index is 9.46. The second-order valence-corrected chi connectivity index (χ2v) is 5.95. The molecule has 0 saturated heterocycles. The summed E-state index contributed by atoms with van der Waals surface area (Å²) in [6, 6.07) is 8.24. The van der Waals surface area contributed by atoms with Crippen LogP contribution in [0, 0.1) is 0 Å². The lowest BCUT2D eigenvalue weighted by molar-refractivity contribution is 0.114. The van der Waals surface area contributed by atoms with Crippen LogP contribution in [0.4, 0.5) is 0 Å². The van der Waals surface area contributed by atoms with Crippen LogP contribution in [-0.4, -0.2) is 30.4 Å². The summed E-state index contributed by atoms with van der Waals surface area (Å²) in [7, 11) is 1.87. The Balaban J connectivity index is 2.78. The number of likely N-dealkylation sites (N-methyl/N-ethyl adjacent to an activating group) is 1. The van der Waals surface area contributed by atoms with Crippen molar-refractivity contribution >= 4 is 0 Å². The fraction of sp³-hybridized carbons (Fsp3) is 0.647. The lowest BCUT2D eigenvalue weighted by Crippen LogP contribution is -2.46. The van der Waals surface area contributed by atoms with Crippen LogP contribution in [0.2, 0.25) is 0 Å². The molecule has 114 valence electrons. The van der Waals surface area contributed by atoms with Gasteiger partial charge < -0.3 is 15.2 Å². The Kier molecular flexibility index (Phi) is 6.50. The highest BCUT2D eigenvalue weighted by molar-refractivity contribution is 5.36. The number of benzene rings is 1. The molecule has 0 aliphatic rings. The first-order valence-corrected chi connectivity index (χ1v) is 7.51. The minimum Gasteiger partial charge on any atom is -0.490 e. The Labute approximate surface area is 123 Å². The molecule has 0 aliphatic carbocycles. The Morgan fingerprint density at radius 3 is 2.50 bits per heavy atom. The highest BCUT2D eigenvalue weighted by Crippen LogP contribution is 2.30. The first-order valence-electron chi connectivity index (χ1n) is 7.51. The third-order valence-electron chi connectivity index (χ3n) is 4.08. The van der Waals surface area contributed by atoms with Gasteiger partial charge in [0.15, 0.2) is 0 Å². The summed E-state index contributed by atoms with van der Waals surface area (Å²) in [6.45, 7) is 8.57. The van der Waals surface area contributed by atoms with Crippen LogP contribution >= 0.6 is 0 Å². The molecule has 3 nitrogen and oxygen atoms in total. The first-order chi connectivity index (χ1) is 9.45. The second-order valence-electron chi connectivity index (χ2n) is 5.95. The normalized spacial score (nSPS) is 17.3. The summed E-state index contributed by atoms with van der Waals surface area (Å²) in [4.78, 5) is 0. The molecule has 0 radical (unpaired) electrons. The van der Waals surface area contributed by atoms with E-state index < -0.39 is 0 Å². The van der Waals surface area contributed by atoms with Crippen molar-refractivity contribution in [1.29, 1.82) is 0 Å². The van der Waals surface area contributed by atoms with Gasteiger partial charge in [-0.1, -0.05) is 32.0 Å². The second kappa shape index (κ2) is 7.65. The molecule has 1 rings (SSSR count). The fourth-order valence-corrected chi connectivity index (χ4v) is 2.35. The van der Waals surface area contributed by atoms with Crippen LogP contribution in [0.15, 0.2) is 24.3 Å². The molecule has 1 aromatic rings. The van der Waals surface area contributed by atoms with Gasteiger partial charge in [-0.05, 0) is 44.9 Å². The maximum Gasteiger partial charge on any atom is 0.123 e. The van der Waals surface area contributed by atoms with E-state index in [4.69, 9.17) is 4.74 Å². The van der Waals surface area contributed by atoms with Crippen molar-refractivity contribution in [2.45, 2.75) is 58.1 Å². The zero-order chi connectivity index (χ0) is 15.2. The van der Waals surface area contributed by atoms with Gasteiger partial charge >= 0.3 is 0 Å². The van der Waals surface area contributed by atoms with Gasteiger partial charge in [0, 0.05) is 12.0 Å². The minimum atomic E-state index is -0.301. The summed E-state index contributed by atoms with van der Waals surface area (Å²) in [6.07, 6.45) is 1.90. The third kappa shape index (κ3) is 4.50. The monoisotopic (exact) mass is 279 g/mol. The van der Waals surface area contributed by atoms with E-state index in [1.807, 2.05) is 26.1 Å². The Morgan fingerprint density at radius 1 is 1.30 bits per heavy atom. The highest BCUT2D eigenvalue weighted by atomic mass is 16.5. The van der Waals surface area contributed by atoms with Gasteiger partial charge in [0.25, 0.3) is 0 Å². The van der Waals surface area contributed by atoms with E-state index in [9.17, 15) is 5.11 Å². The standard InChI is InChI=1S/C17H29NO2/c1-6-13(2)15-9-7-8-10-16(15)20-14(3)11-17(4,12-19)18-5/h7-10,13-14,18-19H,6,11-12H2,1-5H3. The van der Waals surface area contributed by atoms with Crippen LogP contribution in [-0.2, 0) is 0 Å². The van der Waals surface area contributed by atoms with Crippen molar-refractivity contribution < 1.29 is 9.84 Å². The highest BCUT2D eigenvalue weighted by Gasteiger charge is 2.25. The lowest BCUT2D eigenvalue weighted by atomic mass is 9.95. The molecule has 1 aromatic carbocycles. The number of aliphatic hydroxyl groups is 1.